The molecule has 0 heterocycles. The third kappa shape index (κ3) is 2.16. The van der Waals surface area contributed by atoms with Crippen molar-refractivity contribution in [2.75, 3.05) is 7.11 Å². The standard InChI is InChI=1S/C16H20O2/c1-18-12-8-5-11(6-9-12)7-10-15(17)16-13-3-2-4-14(13)16/h5-6,8-9,13-14,16H,2-4,7,10H2,1H3. The summed E-state index contributed by atoms with van der Waals surface area (Å²) < 4.78 is 5.13. The summed E-state index contributed by atoms with van der Waals surface area (Å²) in [6, 6.07) is 8.04. The molecule has 96 valence electrons. The number of hydrogen-bond donors (Lipinski definition) is 0. The molecule has 2 heteroatoms. The number of ketones is 1. The maximum Gasteiger partial charge on any atom is 0.136 e. The molecule has 0 saturated heterocycles. The number of hydrogen-bond acceptors (Lipinski definition) is 2. The van der Waals surface area contributed by atoms with Crippen molar-refractivity contribution in [3.8, 4) is 5.75 Å². The molecular weight excluding hydrogens is 224 g/mol. The van der Waals surface area contributed by atoms with Crippen LogP contribution >= 0.6 is 0 Å². The van der Waals surface area contributed by atoms with E-state index in [-0.39, 0.29) is 0 Å². The summed E-state index contributed by atoms with van der Waals surface area (Å²) in [5.74, 6) is 3.32. The lowest BCUT2D eigenvalue weighted by Gasteiger charge is -2.04. The van der Waals surface area contributed by atoms with Gasteiger partial charge in [0.25, 0.3) is 0 Å². The largest absolute Gasteiger partial charge is 0.497 e. The van der Waals surface area contributed by atoms with Crippen molar-refractivity contribution < 1.29 is 9.53 Å². The van der Waals surface area contributed by atoms with E-state index >= 15 is 0 Å². The molecule has 2 unspecified atom stereocenters. The fourth-order valence-corrected chi connectivity index (χ4v) is 3.53. The average Bonchev–Trinajstić information content (AvgIpc) is 2.90. The number of carbonyl (C=O) groups is 1. The number of Topliss-reactive ketones (excluding diaryl/α,β-unsaturated/α-hetero) is 1. The molecule has 0 spiro atoms. The monoisotopic (exact) mass is 244 g/mol. The molecule has 3 rings (SSSR count). The molecule has 0 N–H and O–H groups in total. The van der Waals surface area contributed by atoms with Gasteiger partial charge in [-0.15, -0.1) is 0 Å². The van der Waals surface area contributed by atoms with Crippen LogP contribution in [-0.4, -0.2) is 12.9 Å². The van der Waals surface area contributed by atoms with Crippen LogP contribution in [-0.2, 0) is 11.2 Å². The van der Waals surface area contributed by atoms with Crippen LogP contribution in [0.1, 0.15) is 31.2 Å². The van der Waals surface area contributed by atoms with Crippen molar-refractivity contribution in [2.24, 2.45) is 17.8 Å². The summed E-state index contributed by atoms with van der Waals surface area (Å²) in [5.41, 5.74) is 1.23. The molecule has 2 aliphatic carbocycles. The van der Waals surface area contributed by atoms with Gasteiger partial charge in [0.2, 0.25) is 0 Å². The minimum Gasteiger partial charge on any atom is -0.497 e. The number of aryl methyl sites for hydroxylation is 1. The fraction of sp³-hybridized carbons (Fsp3) is 0.562. The topological polar surface area (TPSA) is 26.3 Å². The Kier molecular flexibility index (Phi) is 3.11. The third-order valence-corrected chi connectivity index (χ3v) is 4.60. The lowest BCUT2D eigenvalue weighted by molar-refractivity contribution is -0.120. The zero-order chi connectivity index (χ0) is 12.5. The summed E-state index contributed by atoms with van der Waals surface area (Å²) in [6.45, 7) is 0. The highest BCUT2D eigenvalue weighted by molar-refractivity contribution is 5.84. The maximum atomic E-state index is 12.1. The molecule has 0 aromatic heterocycles. The van der Waals surface area contributed by atoms with Crippen LogP contribution < -0.4 is 4.74 Å². The van der Waals surface area contributed by atoms with Crippen LogP contribution in [0, 0.1) is 17.8 Å². The minimum atomic E-state index is 0.428. The smallest absolute Gasteiger partial charge is 0.136 e. The zero-order valence-electron chi connectivity index (χ0n) is 10.9. The van der Waals surface area contributed by atoms with Gasteiger partial charge in [0, 0.05) is 12.3 Å². The SMILES string of the molecule is COc1ccc(CCC(=O)C2C3CCCC32)cc1. The van der Waals surface area contributed by atoms with Crippen molar-refractivity contribution in [2.45, 2.75) is 32.1 Å². The van der Waals surface area contributed by atoms with E-state index < -0.39 is 0 Å². The molecule has 18 heavy (non-hydrogen) atoms. The molecule has 1 aromatic carbocycles. The average molecular weight is 244 g/mol. The number of ether oxygens (including phenoxy) is 1. The van der Waals surface area contributed by atoms with Gasteiger partial charge in [-0.25, -0.2) is 0 Å². The Balaban J connectivity index is 1.50. The second-order valence-corrected chi connectivity index (χ2v) is 5.60. The van der Waals surface area contributed by atoms with Crippen molar-refractivity contribution in [3.05, 3.63) is 29.8 Å². The quantitative estimate of drug-likeness (QED) is 0.794. The number of rotatable bonds is 5. The Hall–Kier alpha value is -1.31. The van der Waals surface area contributed by atoms with Crippen LogP contribution in [0.3, 0.4) is 0 Å². The first-order valence-corrected chi connectivity index (χ1v) is 6.95. The van der Waals surface area contributed by atoms with Crippen LogP contribution in [0.4, 0.5) is 0 Å². The second kappa shape index (κ2) is 4.75. The predicted octanol–water partition coefficient (Wildman–Crippen LogP) is 3.24. The van der Waals surface area contributed by atoms with Crippen molar-refractivity contribution in [1.29, 1.82) is 0 Å². The van der Waals surface area contributed by atoms with Gasteiger partial charge in [-0.05, 0) is 48.8 Å². The highest BCUT2D eigenvalue weighted by Crippen LogP contribution is 2.58. The lowest BCUT2D eigenvalue weighted by atomic mass is 10.0. The van der Waals surface area contributed by atoms with Gasteiger partial charge in [-0.1, -0.05) is 18.6 Å². The van der Waals surface area contributed by atoms with Crippen LogP contribution in [0.5, 0.6) is 5.75 Å². The third-order valence-electron chi connectivity index (χ3n) is 4.60. The fourth-order valence-electron chi connectivity index (χ4n) is 3.53. The maximum absolute atomic E-state index is 12.1. The number of fused-ring (bicyclic) bond motifs is 1. The van der Waals surface area contributed by atoms with E-state index in [0.29, 0.717) is 18.1 Å². The van der Waals surface area contributed by atoms with E-state index in [4.69, 9.17) is 4.74 Å². The predicted molar refractivity (Wildman–Crippen MR) is 70.6 cm³/mol. The van der Waals surface area contributed by atoms with E-state index in [2.05, 4.69) is 12.1 Å². The molecule has 0 amide bonds. The molecule has 2 fully saturated rings. The van der Waals surface area contributed by atoms with Gasteiger partial charge >= 0.3 is 0 Å². The van der Waals surface area contributed by atoms with E-state index in [1.165, 1.54) is 24.8 Å². The molecule has 0 aliphatic heterocycles. The van der Waals surface area contributed by atoms with Gasteiger partial charge in [-0.3, -0.25) is 4.79 Å². The van der Waals surface area contributed by atoms with E-state index in [1.807, 2.05) is 12.1 Å². The van der Waals surface area contributed by atoms with Gasteiger partial charge in [0.05, 0.1) is 7.11 Å². The number of benzene rings is 1. The molecule has 0 radical (unpaired) electrons. The first-order valence-electron chi connectivity index (χ1n) is 6.95. The Morgan fingerprint density at radius 3 is 2.50 bits per heavy atom. The van der Waals surface area contributed by atoms with Gasteiger partial charge in [-0.2, -0.15) is 0 Å². The van der Waals surface area contributed by atoms with Crippen molar-refractivity contribution in [1.82, 2.24) is 0 Å². The molecule has 2 saturated carbocycles. The van der Waals surface area contributed by atoms with Crippen LogP contribution in [0.25, 0.3) is 0 Å². The second-order valence-electron chi connectivity index (χ2n) is 5.60. The minimum absolute atomic E-state index is 0.428. The first-order chi connectivity index (χ1) is 8.79. The normalized spacial score (nSPS) is 28.8. The Bertz CT molecular complexity index is 425. The summed E-state index contributed by atoms with van der Waals surface area (Å²) in [6.07, 6.45) is 5.52. The molecule has 2 nitrogen and oxygen atoms in total. The van der Waals surface area contributed by atoms with E-state index in [1.54, 1.807) is 7.11 Å². The Labute approximate surface area is 108 Å². The highest BCUT2D eigenvalue weighted by atomic mass is 16.5. The van der Waals surface area contributed by atoms with Crippen LogP contribution in [0.15, 0.2) is 24.3 Å². The molecule has 2 atom stereocenters. The number of methoxy groups -OCH3 is 1. The lowest BCUT2D eigenvalue weighted by Crippen LogP contribution is -2.06. The molecular formula is C16H20O2. The summed E-state index contributed by atoms with van der Waals surface area (Å²) >= 11 is 0. The summed E-state index contributed by atoms with van der Waals surface area (Å²) in [4.78, 5) is 12.1. The molecule has 2 aliphatic rings. The molecule has 1 aromatic rings. The van der Waals surface area contributed by atoms with Gasteiger partial charge in [0.1, 0.15) is 11.5 Å². The van der Waals surface area contributed by atoms with Crippen molar-refractivity contribution in [3.63, 3.8) is 0 Å². The molecule has 0 bridgehead atoms. The van der Waals surface area contributed by atoms with Gasteiger partial charge in [0.15, 0.2) is 0 Å². The zero-order valence-corrected chi connectivity index (χ0v) is 10.9. The summed E-state index contributed by atoms with van der Waals surface area (Å²) in [7, 11) is 1.67. The first kappa shape index (κ1) is 11.8. The van der Waals surface area contributed by atoms with E-state index in [9.17, 15) is 4.79 Å². The summed E-state index contributed by atoms with van der Waals surface area (Å²) in [5, 5.41) is 0. The number of carbonyl (C=O) groups excluding carboxylic acids is 1. The Morgan fingerprint density at radius 1 is 1.22 bits per heavy atom. The Morgan fingerprint density at radius 2 is 1.89 bits per heavy atom. The highest BCUT2D eigenvalue weighted by Gasteiger charge is 2.55. The van der Waals surface area contributed by atoms with Gasteiger partial charge < -0.3 is 4.74 Å². The van der Waals surface area contributed by atoms with E-state index in [0.717, 1.165) is 24.0 Å². The van der Waals surface area contributed by atoms with Crippen molar-refractivity contribution >= 4 is 5.78 Å². The van der Waals surface area contributed by atoms with Crippen LogP contribution in [0.2, 0.25) is 0 Å².